The second kappa shape index (κ2) is 7.15. The summed E-state index contributed by atoms with van der Waals surface area (Å²) in [4.78, 5) is 0. The van der Waals surface area contributed by atoms with Crippen molar-refractivity contribution in [3.05, 3.63) is 22.7 Å². The molecule has 0 aliphatic carbocycles. The Morgan fingerprint density at radius 3 is 2.78 bits per heavy atom. The van der Waals surface area contributed by atoms with Crippen LogP contribution in [0.1, 0.15) is 18.9 Å². The Morgan fingerprint density at radius 2 is 2.22 bits per heavy atom. The second-order valence-corrected chi connectivity index (χ2v) is 4.38. The van der Waals surface area contributed by atoms with E-state index in [1.54, 1.807) is 7.11 Å². The summed E-state index contributed by atoms with van der Waals surface area (Å²) in [5, 5.41) is 0.489. The Morgan fingerprint density at radius 1 is 1.50 bits per heavy atom. The SMILES string of the molecule is C#CCOc1c(Cl)cc(CC(N)CC)cc1OC. The molecule has 1 unspecified atom stereocenters. The highest BCUT2D eigenvalue weighted by Crippen LogP contribution is 2.36. The fourth-order valence-electron chi connectivity index (χ4n) is 1.59. The molecule has 0 amide bonds. The van der Waals surface area contributed by atoms with E-state index >= 15 is 0 Å². The highest BCUT2D eigenvalue weighted by Gasteiger charge is 2.13. The number of hydrogen-bond donors (Lipinski definition) is 1. The number of hydrogen-bond acceptors (Lipinski definition) is 3. The van der Waals surface area contributed by atoms with E-state index in [2.05, 4.69) is 5.92 Å². The maximum atomic E-state index is 6.16. The van der Waals surface area contributed by atoms with Crippen LogP contribution in [0.25, 0.3) is 0 Å². The first-order chi connectivity index (χ1) is 8.62. The van der Waals surface area contributed by atoms with E-state index in [1.807, 2.05) is 19.1 Å². The first-order valence-electron chi connectivity index (χ1n) is 5.80. The number of methoxy groups -OCH3 is 1. The third-order valence-electron chi connectivity index (χ3n) is 2.61. The molecular formula is C14H18ClNO2. The Labute approximate surface area is 113 Å². The first kappa shape index (κ1) is 14.7. The number of nitrogens with two attached hydrogens (primary N) is 1. The van der Waals surface area contributed by atoms with Crippen LogP contribution in [0.3, 0.4) is 0 Å². The molecule has 0 fully saturated rings. The van der Waals surface area contributed by atoms with Gasteiger partial charge in [0.05, 0.1) is 12.1 Å². The molecule has 0 saturated carbocycles. The summed E-state index contributed by atoms with van der Waals surface area (Å²) < 4.78 is 10.6. The number of terminal acetylenes is 1. The predicted molar refractivity (Wildman–Crippen MR) is 74.3 cm³/mol. The Balaban J connectivity index is 2.99. The monoisotopic (exact) mass is 267 g/mol. The highest BCUT2D eigenvalue weighted by molar-refractivity contribution is 6.32. The van der Waals surface area contributed by atoms with Crippen molar-refractivity contribution in [1.82, 2.24) is 0 Å². The first-order valence-corrected chi connectivity index (χ1v) is 6.18. The lowest BCUT2D eigenvalue weighted by Crippen LogP contribution is -2.21. The van der Waals surface area contributed by atoms with E-state index < -0.39 is 0 Å². The lowest BCUT2D eigenvalue weighted by molar-refractivity contribution is 0.331. The summed E-state index contributed by atoms with van der Waals surface area (Å²) >= 11 is 6.16. The Kier molecular flexibility index (Phi) is 5.84. The van der Waals surface area contributed by atoms with Gasteiger partial charge in [0, 0.05) is 6.04 Å². The van der Waals surface area contributed by atoms with Crippen LogP contribution in [-0.4, -0.2) is 19.8 Å². The van der Waals surface area contributed by atoms with E-state index in [0.29, 0.717) is 16.5 Å². The molecule has 4 heteroatoms. The van der Waals surface area contributed by atoms with Crippen molar-refractivity contribution in [2.75, 3.05) is 13.7 Å². The summed E-state index contributed by atoms with van der Waals surface area (Å²) in [6.45, 7) is 2.21. The molecule has 0 aromatic heterocycles. The molecule has 18 heavy (non-hydrogen) atoms. The molecule has 3 nitrogen and oxygen atoms in total. The standard InChI is InChI=1S/C14H18ClNO2/c1-4-6-18-14-12(15)8-10(7-11(16)5-2)9-13(14)17-3/h1,8-9,11H,5-7,16H2,2-3H3. The van der Waals surface area contributed by atoms with E-state index in [0.717, 1.165) is 18.4 Å². The molecule has 1 aromatic carbocycles. The quantitative estimate of drug-likeness (QED) is 0.806. The van der Waals surface area contributed by atoms with Gasteiger partial charge in [-0.2, -0.15) is 0 Å². The minimum atomic E-state index is 0.114. The van der Waals surface area contributed by atoms with Gasteiger partial charge in [-0.15, -0.1) is 6.42 Å². The molecule has 1 aromatic rings. The number of halogens is 1. The van der Waals surface area contributed by atoms with Gasteiger partial charge >= 0.3 is 0 Å². The van der Waals surface area contributed by atoms with Gasteiger partial charge in [-0.25, -0.2) is 0 Å². The van der Waals surface area contributed by atoms with Crippen molar-refractivity contribution in [3.8, 4) is 23.8 Å². The molecular weight excluding hydrogens is 250 g/mol. The molecule has 0 heterocycles. The van der Waals surface area contributed by atoms with Gasteiger partial charge in [-0.1, -0.05) is 24.4 Å². The topological polar surface area (TPSA) is 44.5 Å². The zero-order valence-corrected chi connectivity index (χ0v) is 11.5. The van der Waals surface area contributed by atoms with E-state index in [4.69, 9.17) is 33.2 Å². The third-order valence-corrected chi connectivity index (χ3v) is 2.89. The van der Waals surface area contributed by atoms with Gasteiger partial charge in [0.15, 0.2) is 11.5 Å². The van der Waals surface area contributed by atoms with Crippen LogP contribution < -0.4 is 15.2 Å². The van der Waals surface area contributed by atoms with Gasteiger partial charge in [0.25, 0.3) is 0 Å². The maximum Gasteiger partial charge on any atom is 0.181 e. The highest BCUT2D eigenvalue weighted by atomic mass is 35.5. The smallest absolute Gasteiger partial charge is 0.181 e. The number of ether oxygens (including phenoxy) is 2. The molecule has 0 saturated heterocycles. The predicted octanol–water partition coefficient (Wildman–Crippen LogP) is 2.64. The van der Waals surface area contributed by atoms with Crippen LogP contribution in [-0.2, 0) is 6.42 Å². The number of benzene rings is 1. The normalized spacial score (nSPS) is 11.7. The van der Waals surface area contributed by atoms with Crippen molar-refractivity contribution < 1.29 is 9.47 Å². The zero-order valence-electron chi connectivity index (χ0n) is 10.7. The molecule has 0 spiro atoms. The molecule has 1 atom stereocenters. The summed E-state index contributed by atoms with van der Waals surface area (Å²) in [6, 6.07) is 3.84. The van der Waals surface area contributed by atoms with Gasteiger partial charge in [-0.05, 0) is 30.5 Å². The zero-order chi connectivity index (χ0) is 13.5. The second-order valence-electron chi connectivity index (χ2n) is 3.97. The van der Waals surface area contributed by atoms with E-state index in [9.17, 15) is 0 Å². The van der Waals surface area contributed by atoms with Crippen LogP contribution in [0.5, 0.6) is 11.5 Å². The van der Waals surface area contributed by atoms with Crippen molar-refractivity contribution in [2.45, 2.75) is 25.8 Å². The molecule has 98 valence electrons. The Bertz CT molecular complexity index is 440. The van der Waals surface area contributed by atoms with Crippen molar-refractivity contribution >= 4 is 11.6 Å². The fourth-order valence-corrected chi connectivity index (χ4v) is 1.88. The third kappa shape index (κ3) is 3.83. The molecule has 0 aliphatic rings. The summed E-state index contributed by atoms with van der Waals surface area (Å²) in [5.41, 5.74) is 6.95. The van der Waals surface area contributed by atoms with Gasteiger partial charge in [-0.3, -0.25) is 0 Å². The van der Waals surface area contributed by atoms with Gasteiger partial charge < -0.3 is 15.2 Å². The van der Waals surface area contributed by atoms with Crippen LogP contribution in [0, 0.1) is 12.3 Å². The van der Waals surface area contributed by atoms with E-state index in [-0.39, 0.29) is 12.6 Å². The van der Waals surface area contributed by atoms with Crippen LogP contribution >= 0.6 is 11.6 Å². The van der Waals surface area contributed by atoms with Crippen molar-refractivity contribution in [3.63, 3.8) is 0 Å². The maximum absolute atomic E-state index is 6.16. The van der Waals surface area contributed by atoms with Crippen LogP contribution in [0.4, 0.5) is 0 Å². The lowest BCUT2D eigenvalue weighted by Gasteiger charge is -2.14. The van der Waals surface area contributed by atoms with Gasteiger partial charge in [0.1, 0.15) is 6.61 Å². The summed E-state index contributed by atoms with van der Waals surface area (Å²) in [6.07, 6.45) is 6.82. The van der Waals surface area contributed by atoms with E-state index in [1.165, 1.54) is 0 Å². The molecule has 1 rings (SSSR count). The average Bonchev–Trinajstić information content (AvgIpc) is 2.36. The van der Waals surface area contributed by atoms with Crippen LogP contribution in [0.15, 0.2) is 12.1 Å². The minimum absolute atomic E-state index is 0.114. The molecule has 0 radical (unpaired) electrons. The molecule has 0 aliphatic heterocycles. The lowest BCUT2D eigenvalue weighted by atomic mass is 10.0. The van der Waals surface area contributed by atoms with Crippen molar-refractivity contribution in [2.24, 2.45) is 5.73 Å². The summed E-state index contributed by atoms with van der Waals surface area (Å²) in [5.74, 6) is 3.45. The number of rotatable bonds is 6. The minimum Gasteiger partial charge on any atom is -0.493 e. The average molecular weight is 268 g/mol. The van der Waals surface area contributed by atoms with Crippen LogP contribution in [0.2, 0.25) is 5.02 Å². The Hall–Kier alpha value is -1.37. The molecule has 2 N–H and O–H groups in total. The largest absolute Gasteiger partial charge is 0.493 e. The summed E-state index contributed by atoms with van der Waals surface area (Å²) in [7, 11) is 1.57. The fraction of sp³-hybridized carbons (Fsp3) is 0.429. The molecule has 0 bridgehead atoms. The van der Waals surface area contributed by atoms with Gasteiger partial charge in [0.2, 0.25) is 0 Å². The van der Waals surface area contributed by atoms with Crippen molar-refractivity contribution in [1.29, 1.82) is 0 Å².